The number of rotatable bonds is 3. The summed E-state index contributed by atoms with van der Waals surface area (Å²) in [6, 6.07) is 0. The first-order valence-electron chi connectivity index (χ1n) is 1.81. The average Bonchev–Trinajstić information content (AvgIpc) is 1.83. The lowest BCUT2D eigenvalue weighted by atomic mass is 10.6. The second-order valence-corrected chi connectivity index (χ2v) is 1.40. The van der Waals surface area contributed by atoms with Crippen LogP contribution in [0.1, 0.15) is 0 Å². The highest BCUT2D eigenvalue weighted by molar-refractivity contribution is 7.78. The molecule has 0 aliphatic rings. The Morgan fingerprint density at radius 1 is 1.75 bits per heavy atom. The Labute approximate surface area is 57.5 Å². The van der Waals surface area contributed by atoms with Crippen molar-refractivity contribution in [3.63, 3.8) is 0 Å². The molecule has 1 N–H and O–H groups in total. The molecule has 0 heterocycles. The van der Waals surface area contributed by atoms with Gasteiger partial charge in [-0.1, -0.05) is 23.8 Å². The normalized spacial score (nSPS) is 10.4. The Bertz CT molecular complexity index is 123. The Morgan fingerprint density at radius 2 is 2.38 bits per heavy atom. The zero-order chi connectivity index (χ0) is 6.41. The van der Waals surface area contributed by atoms with Crippen molar-refractivity contribution in [3.05, 3.63) is 11.2 Å². The van der Waals surface area contributed by atoms with Crippen LogP contribution < -0.4 is 5.32 Å². The third kappa shape index (κ3) is 2.71. The molecule has 0 amide bonds. The van der Waals surface area contributed by atoms with E-state index in [9.17, 15) is 4.79 Å². The van der Waals surface area contributed by atoms with Crippen molar-refractivity contribution >= 4 is 35.6 Å². The van der Waals surface area contributed by atoms with Crippen molar-refractivity contribution in [2.45, 2.75) is 0 Å². The van der Waals surface area contributed by atoms with Crippen molar-refractivity contribution < 1.29 is 4.79 Å². The maximum Gasteiger partial charge on any atom is 0.167 e. The first-order valence-corrected chi connectivity index (χ1v) is 2.71. The van der Waals surface area contributed by atoms with Crippen LogP contribution in [0.15, 0.2) is 11.2 Å². The van der Waals surface area contributed by atoms with Crippen LogP contribution in [0.3, 0.4) is 0 Å². The lowest BCUT2D eigenvalue weighted by Gasteiger charge is -1.89. The van der Waals surface area contributed by atoms with E-state index in [1.807, 2.05) is 0 Å². The summed E-state index contributed by atoms with van der Waals surface area (Å²) in [7, 11) is 0. The number of halogens is 1. The molecule has 0 saturated heterocycles. The van der Waals surface area contributed by atoms with Crippen molar-refractivity contribution in [3.8, 4) is 0 Å². The minimum absolute atomic E-state index is 0.265. The molecule has 0 unspecified atom stereocenters. The second kappa shape index (κ2) is 4.74. The maximum absolute atomic E-state index is 9.84. The van der Waals surface area contributed by atoms with E-state index in [-0.39, 0.29) is 5.70 Å². The number of nitrogens with one attached hydrogen (secondary N) is 1. The van der Waals surface area contributed by atoms with Gasteiger partial charge in [-0.05, 0) is 0 Å². The highest BCUT2D eigenvalue weighted by Crippen LogP contribution is 1.83. The summed E-state index contributed by atoms with van der Waals surface area (Å²) in [4.78, 5) is 9.84. The molecule has 44 valence electrons. The highest BCUT2D eigenvalue weighted by atomic mass is 35.5. The lowest BCUT2D eigenvalue weighted by Crippen LogP contribution is -2.08. The molecule has 0 saturated carbocycles. The number of aldehydes is 1. The molecule has 0 aromatic heterocycles. The van der Waals surface area contributed by atoms with Gasteiger partial charge >= 0.3 is 0 Å². The van der Waals surface area contributed by atoms with Crippen molar-refractivity contribution in [2.75, 3.05) is 0 Å². The van der Waals surface area contributed by atoms with Crippen LogP contribution >= 0.6 is 23.8 Å². The summed E-state index contributed by atoms with van der Waals surface area (Å²) in [6.45, 7) is 0. The Morgan fingerprint density at radius 3 is 2.50 bits per heavy atom. The van der Waals surface area contributed by atoms with E-state index in [0.717, 1.165) is 5.54 Å². The van der Waals surface area contributed by atoms with Crippen molar-refractivity contribution in [1.29, 1.82) is 0 Å². The summed E-state index contributed by atoms with van der Waals surface area (Å²) in [5.74, 6) is 0. The van der Waals surface area contributed by atoms with E-state index in [0.29, 0.717) is 6.29 Å². The van der Waals surface area contributed by atoms with Gasteiger partial charge in [0.25, 0.3) is 0 Å². The number of hydrogen-bond acceptors (Lipinski definition) is 2. The molecule has 0 aliphatic heterocycles. The van der Waals surface area contributed by atoms with E-state index in [1.165, 1.54) is 5.49 Å². The fourth-order valence-corrected chi connectivity index (χ4v) is 0.410. The van der Waals surface area contributed by atoms with Gasteiger partial charge in [-0.2, -0.15) is 0 Å². The van der Waals surface area contributed by atoms with E-state index in [1.54, 1.807) is 0 Å². The van der Waals surface area contributed by atoms with Gasteiger partial charge in [0.15, 0.2) is 6.29 Å². The van der Waals surface area contributed by atoms with Crippen molar-refractivity contribution in [2.24, 2.45) is 0 Å². The lowest BCUT2D eigenvalue weighted by molar-refractivity contribution is -0.105. The number of hydrogen-bond donors (Lipinski definition) is 1. The predicted molar refractivity (Wildman–Crippen MR) is 36.8 cm³/mol. The molecular formula is C4H4ClNOS. The van der Waals surface area contributed by atoms with Crippen molar-refractivity contribution in [1.82, 2.24) is 5.32 Å². The molecule has 4 heteroatoms. The standard InChI is InChI=1S/C4H4ClNOS/c5-1-4(2-7)6-3-8/h1-3H,(H,6,8). The summed E-state index contributed by atoms with van der Waals surface area (Å²) < 4.78 is 0. The van der Waals surface area contributed by atoms with Crippen LogP contribution in [0.5, 0.6) is 0 Å². The molecular weight excluding hydrogens is 146 g/mol. The number of thiocarbonyl (C=S) groups is 1. The molecule has 0 fully saturated rings. The van der Waals surface area contributed by atoms with E-state index >= 15 is 0 Å². The summed E-state index contributed by atoms with van der Waals surface area (Å²) in [5, 5.41) is 2.43. The fourth-order valence-electron chi connectivity index (χ4n) is 0.159. The monoisotopic (exact) mass is 149 g/mol. The van der Waals surface area contributed by atoms with Gasteiger partial charge < -0.3 is 5.32 Å². The molecule has 0 aliphatic carbocycles. The van der Waals surface area contributed by atoms with Gasteiger partial charge in [-0.25, -0.2) is 0 Å². The van der Waals surface area contributed by atoms with E-state index in [4.69, 9.17) is 11.6 Å². The third-order valence-electron chi connectivity index (χ3n) is 0.470. The van der Waals surface area contributed by atoms with E-state index in [2.05, 4.69) is 17.5 Å². The predicted octanol–water partition coefficient (Wildman–Crippen LogP) is 0.812. The van der Waals surface area contributed by atoms with E-state index < -0.39 is 0 Å². The summed E-state index contributed by atoms with van der Waals surface area (Å²) in [6.07, 6.45) is 0.579. The Hall–Kier alpha value is -0.410. The molecule has 0 bridgehead atoms. The van der Waals surface area contributed by atoms with Crippen LogP contribution in [0, 0.1) is 0 Å². The van der Waals surface area contributed by atoms with Gasteiger partial charge in [0.1, 0.15) is 0 Å². The molecule has 0 atom stereocenters. The molecule has 2 nitrogen and oxygen atoms in total. The van der Waals surface area contributed by atoms with Gasteiger partial charge in [0.05, 0.1) is 11.2 Å². The minimum Gasteiger partial charge on any atom is -0.349 e. The topological polar surface area (TPSA) is 29.1 Å². The fraction of sp³-hybridized carbons (Fsp3) is 0. The SMILES string of the molecule is O=CC(=CCl)NC=S. The number of carbonyl (C=O) groups excluding carboxylic acids is 1. The summed E-state index contributed by atoms with van der Waals surface area (Å²) >= 11 is 9.49. The quantitative estimate of drug-likeness (QED) is 0.366. The first kappa shape index (κ1) is 7.59. The number of allylic oxidation sites excluding steroid dienone is 1. The van der Waals surface area contributed by atoms with Crippen LogP contribution in [-0.4, -0.2) is 11.8 Å². The molecule has 0 spiro atoms. The van der Waals surface area contributed by atoms with Crippen LogP contribution in [-0.2, 0) is 4.79 Å². The van der Waals surface area contributed by atoms with Gasteiger partial charge in [-0.15, -0.1) is 0 Å². The average molecular weight is 150 g/mol. The zero-order valence-corrected chi connectivity index (χ0v) is 5.50. The Kier molecular flexibility index (Phi) is 4.50. The smallest absolute Gasteiger partial charge is 0.167 e. The van der Waals surface area contributed by atoms with Crippen LogP contribution in [0.4, 0.5) is 0 Å². The van der Waals surface area contributed by atoms with Gasteiger partial charge in [0, 0.05) is 5.54 Å². The molecule has 0 aromatic carbocycles. The second-order valence-electron chi connectivity index (χ2n) is 0.944. The number of carbonyl (C=O) groups is 1. The largest absolute Gasteiger partial charge is 0.349 e. The maximum atomic E-state index is 9.84. The summed E-state index contributed by atoms with van der Waals surface area (Å²) in [5.41, 5.74) is 2.60. The highest BCUT2D eigenvalue weighted by Gasteiger charge is 1.84. The van der Waals surface area contributed by atoms with Gasteiger partial charge in [0.2, 0.25) is 0 Å². The van der Waals surface area contributed by atoms with Crippen LogP contribution in [0.2, 0.25) is 0 Å². The molecule has 0 aromatic rings. The van der Waals surface area contributed by atoms with Crippen LogP contribution in [0.25, 0.3) is 0 Å². The van der Waals surface area contributed by atoms with Gasteiger partial charge in [-0.3, -0.25) is 4.79 Å². The zero-order valence-electron chi connectivity index (χ0n) is 3.93. The minimum atomic E-state index is 0.265. The molecule has 0 rings (SSSR count). The molecule has 8 heavy (non-hydrogen) atoms. The third-order valence-corrected chi connectivity index (χ3v) is 0.823. The first-order chi connectivity index (χ1) is 3.85. The molecule has 0 radical (unpaired) electrons. The Balaban J connectivity index is 3.71.